The smallest absolute Gasteiger partial charge is 0.130 e. The number of hydrogen-bond acceptors (Lipinski definition) is 2. The summed E-state index contributed by atoms with van der Waals surface area (Å²) >= 11 is 1.72. The third-order valence-electron chi connectivity index (χ3n) is 1.96. The lowest BCUT2D eigenvalue weighted by atomic mass is 10.3. The quantitative estimate of drug-likeness (QED) is 0.785. The molecule has 0 amide bonds. The first-order valence-electron chi connectivity index (χ1n) is 4.62. The highest BCUT2D eigenvalue weighted by Crippen LogP contribution is 2.28. The van der Waals surface area contributed by atoms with E-state index in [9.17, 15) is 0 Å². The van der Waals surface area contributed by atoms with Gasteiger partial charge in [-0.1, -0.05) is 30.0 Å². The van der Waals surface area contributed by atoms with Crippen molar-refractivity contribution >= 4 is 17.4 Å². The second-order valence-corrected chi connectivity index (χ2v) is 4.19. The lowest BCUT2D eigenvalue weighted by Gasteiger charge is -2.00. The van der Waals surface area contributed by atoms with Crippen LogP contribution >= 0.6 is 11.8 Å². The second kappa shape index (κ2) is 4.75. The summed E-state index contributed by atoms with van der Waals surface area (Å²) in [5, 5.41) is 3.61. The fourth-order valence-corrected chi connectivity index (χ4v) is 2.06. The van der Waals surface area contributed by atoms with E-state index in [0.717, 1.165) is 5.69 Å². The van der Waals surface area contributed by atoms with Crippen LogP contribution in [0.3, 0.4) is 0 Å². The van der Waals surface area contributed by atoms with Gasteiger partial charge in [-0.15, -0.1) is 0 Å². The summed E-state index contributed by atoms with van der Waals surface area (Å²) < 4.78 is 0. The van der Waals surface area contributed by atoms with E-state index in [0.29, 0.717) is 0 Å². The third-order valence-corrected chi connectivity index (χ3v) is 2.98. The van der Waals surface area contributed by atoms with E-state index in [-0.39, 0.29) is 0 Å². The minimum atomic E-state index is 0.799. The van der Waals surface area contributed by atoms with Crippen molar-refractivity contribution in [2.75, 3.05) is 0 Å². The van der Waals surface area contributed by atoms with Crippen molar-refractivity contribution < 1.29 is 5.53 Å². The average molecular weight is 215 g/mol. The first-order chi connectivity index (χ1) is 7.38. The predicted molar refractivity (Wildman–Crippen MR) is 61.0 cm³/mol. The van der Waals surface area contributed by atoms with Crippen molar-refractivity contribution in [2.24, 2.45) is 5.11 Å². The fraction of sp³-hybridized carbons (Fsp3) is 0. The third kappa shape index (κ3) is 2.67. The van der Waals surface area contributed by atoms with E-state index in [2.05, 4.69) is 17.2 Å². The Hall–Kier alpha value is -1.61. The van der Waals surface area contributed by atoms with Crippen LogP contribution in [0.2, 0.25) is 0 Å². The van der Waals surface area contributed by atoms with Crippen molar-refractivity contribution in [2.45, 2.75) is 9.79 Å². The SMILES string of the molecule is [NH2+]=Nc1ccc(Sc2ccccc2)cc1. The molecule has 0 atom stereocenters. The van der Waals surface area contributed by atoms with Gasteiger partial charge in [0.15, 0.2) is 0 Å². The summed E-state index contributed by atoms with van der Waals surface area (Å²) in [6.45, 7) is 0. The zero-order chi connectivity index (χ0) is 10.5. The predicted octanol–water partition coefficient (Wildman–Crippen LogP) is 2.68. The van der Waals surface area contributed by atoms with E-state index < -0.39 is 0 Å². The molecule has 3 heteroatoms. The Morgan fingerprint density at radius 3 is 2.00 bits per heavy atom. The molecule has 2 nitrogen and oxygen atoms in total. The highest BCUT2D eigenvalue weighted by atomic mass is 32.2. The molecule has 2 aromatic rings. The van der Waals surface area contributed by atoms with Crippen LogP contribution in [-0.4, -0.2) is 0 Å². The molecule has 0 bridgehead atoms. The first kappa shape index (κ1) is 9.93. The van der Waals surface area contributed by atoms with Gasteiger partial charge in [0.2, 0.25) is 0 Å². The molecule has 0 fully saturated rings. The van der Waals surface area contributed by atoms with Crippen LogP contribution in [0.5, 0.6) is 0 Å². The van der Waals surface area contributed by atoms with Gasteiger partial charge in [-0.25, -0.2) is 0 Å². The highest BCUT2D eigenvalue weighted by molar-refractivity contribution is 7.99. The molecule has 2 aromatic carbocycles. The molecule has 0 spiro atoms. The Balaban J connectivity index is 2.15. The lowest BCUT2D eigenvalue weighted by Crippen LogP contribution is -2.21. The van der Waals surface area contributed by atoms with Crippen LogP contribution < -0.4 is 5.53 Å². The normalized spacial score (nSPS) is 9.87. The monoisotopic (exact) mass is 215 g/mol. The Labute approximate surface area is 92.8 Å². The molecule has 2 N–H and O–H groups in total. The molecular weight excluding hydrogens is 204 g/mol. The van der Waals surface area contributed by atoms with Gasteiger partial charge in [-0.2, -0.15) is 5.53 Å². The van der Waals surface area contributed by atoms with Crippen LogP contribution in [0.1, 0.15) is 0 Å². The molecule has 74 valence electrons. The molecule has 0 aliphatic heterocycles. The molecule has 0 radical (unpaired) electrons. The van der Waals surface area contributed by atoms with Crippen LogP contribution in [0.15, 0.2) is 69.5 Å². The molecule has 15 heavy (non-hydrogen) atoms. The minimum absolute atomic E-state index is 0.799. The molecule has 0 aliphatic rings. The van der Waals surface area contributed by atoms with E-state index in [1.165, 1.54) is 9.79 Å². The van der Waals surface area contributed by atoms with Crippen molar-refractivity contribution in [1.82, 2.24) is 0 Å². The van der Waals surface area contributed by atoms with Crippen LogP contribution in [-0.2, 0) is 0 Å². The molecule has 0 saturated heterocycles. The van der Waals surface area contributed by atoms with Gasteiger partial charge in [0.25, 0.3) is 0 Å². The molecule has 2 rings (SSSR count). The molecule has 0 unspecified atom stereocenters. The Morgan fingerprint density at radius 2 is 1.40 bits per heavy atom. The summed E-state index contributed by atoms with van der Waals surface area (Å²) in [4.78, 5) is 2.42. The van der Waals surface area contributed by atoms with Gasteiger partial charge >= 0.3 is 0 Å². The maximum atomic E-state index is 5.17. The summed E-state index contributed by atoms with van der Waals surface area (Å²) in [5.74, 6) is 0. The number of benzene rings is 2. The Kier molecular flexibility index (Phi) is 3.15. The van der Waals surface area contributed by atoms with Gasteiger partial charge < -0.3 is 0 Å². The second-order valence-electron chi connectivity index (χ2n) is 3.04. The fourth-order valence-electron chi connectivity index (χ4n) is 1.22. The topological polar surface area (TPSA) is 38.0 Å². The van der Waals surface area contributed by atoms with E-state index in [1.54, 1.807) is 11.8 Å². The van der Waals surface area contributed by atoms with E-state index >= 15 is 0 Å². The molecular formula is C12H11N2S+. The van der Waals surface area contributed by atoms with Crippen molar-refractivity contribution in [3.8, 4) is 0 Å². The Bertz CT molecular complexity index is 437. The first-order valence-corrected chi connectivity index (χ1v) is 5.44. The zero-order valence-electron chi connectivity index (χ0n) is 8.13. The summed E-state index contributed by atoms with van der Waals surface area (Å²) in [6.07, 6.45) is 0. The molecule has 0 heterocycles. The van der Waals surface area contributed by atoms with Crippen LogP contribution in [0, 0.1) is 0 Å². The number of hydrogen-bond donors (Lipinski definition) is 1. The van der Waals surface area contributed by atoms with Crippen molar-refractivity contribution in [1.29, 1.82) is 0 Å². The summed E-state index contributed by atoms with van der Waals surface area (Å²) in [6, 6.07) is 18.1. The summed E-state index contributed by atoms with van der Waals surface area (Å²) in [7, 11) is 0. The van der Waals surface area contributed by atoms with Crippen LogP contribution in [0.25, 0.3) is 0 Å². The van der Waals surface area contributed by atoms with E-state index in [4.69, 9.17) is 5.53 Å². The van der Waals surface area contributed by atoms with Gasteiger partial charge in [-0.3, -0.25) is 0 Å². The van der Waals surface area contributed by atoms with Crippen LogP contribution in [0.4, 0.5) is 5.69 Å². The van der Waals surface area contributed by atoms with Gasteiger partial charge in [0, 0.05) is 9.79 Å². The average Bonchev–Trinajstić information content (AvgIpc) is 2.31. The minimum Gasteiger partial charge on any atom is -0.152 e. The molecule has 0 aliphatic carbocycles. The van der Waals surface area contributed by atoms with Gasteiger partial charge in [0.1, 0.15) is 5.69 Å². The van der Waals surface area contributed by atoms with Crippen molar-refractivity contribution in [3.05, 3.63) is 54.6 Å². The Morgan fingerprint density at radius 1 is 0.800 bits per heavy atom. The molecule has 0 aromatic heterocycles. The number of nitrogens with zero attached hydrogens (tertiary/aromatic N) is 1. The highest BCUT2D eigenvalue weighted by Gasteiger charge is 1.97. The lowest BCUT2D eigenvalue weighted by molar-refractivity contribution is -0.210. The molecule has 0 saturated carbocycles. The van der Waals surface area contributed by atoms with Gasteiger partial charge in [0.05, 0.1) is 0 Å². The maximum Gasteiger partial charge on any atom is 0.130 e. The zero-order valence-corrected chi connectivity index (χ0v) is 8.95. The van der Waals surface area contributed by atoms with E-state index in [1.807, 2.05) is 42.5 Å². The number of nitrogens with two attached hydrogens (primary N) is 1. The largest absolute Gasteiger partial charge is 0.152 e. The number of rotatable bonds is 3. The standard InChI is InChI=1S/C12H10N2S/c13-14-10-6-8-12(9-7-10)15-11-4-2-1-3-5-11/h1-9,13H/p+1. The maximum absolute atomic E-state index is 5.17. The van der Waals surface area contributed by atoms with Gasteiger partial charge in [-0.05, 0) is 41.5 Å². The summed E-state index contributed by atoms with van der Waals surface area (Å²) in [5.41, 5.74) is 5.97. The van der Waals surface area contributed by atoms with Crippen molar-refractivity contribution in [3.63, 3.8) is 0 Å².